The van der Waals surface area contributed by atoms with Crippen LogP contribution >= 0.6 is 0 Å². The van der Waals surface area contributed by atoms with Crippen molar-refractivity contribution in [3.05, 3.63) is 29.3 Å². The molecule has 0 saturated heterocycles. The van der Waals surface area contributed by atoms with E-state index in [1.807, 2.05) is 20.2 Å². The third-order valence-electron chi connectivity index (χ3n) is 6.28. The molecule has 0 heterocycles. The lowest BCUT2D eigenvalue weighted by Gasteiger charge is -2.55. The van der Waals surface area contributed by atoms with Gasteiger partial charge in [0.05, 0.1) is 5.41 Å². The van der Waals surface area contributed by atoms with E-state index in [1.165, 1.54) is 11.1 Å². The van der Waals surface area contributed by atoms with E-state index in [1.54, 1.807) is 4.90 Å². The van der Waals surface area contributed by atoms with Crippen LogP contribution in [0.5, 0.6) is 0 Å². The molecule has 2 N–H and O–H groups in total. The zero-order valence-electron chi connectivity index (χ0n) is 14.3. The molecule has 3 heteroatoms. The summed E-state index contributed by atoms with van der Waals surface area (Å²) in [5.74, 6) is 0.689. The van der Waals surface area contributed by atoms with Crippen molar-refractivity contribution in [3.8, 4) is 0 Å². The molecule has 2 unspecified atom stereocenters. The summed E-state index contributed by atoms with van der Waals surface area (Å²) < 4.78 is 0. The van der Waals surface area contributed by atoms with Crippen LogP contribution in [-0.4, -0.2) is 24.9 Å². The minimum atomic E-state index is -0.251. The SMILES string of the molecule is CN(C)C(=O)[C@@]1(C)CCCC2(C)c3cc(N)ccc3CCC21. The summed E-state index contributed by atoms with van der Waals surface area (Å²) in [5, 5.41) is 0. The van der Waals surface area contributed by atoms with Crippen molar-refractivity contribution in [2.24, 2.45) is 11.3 Å². The van der Waals surface area contributed by atoms with Gasteiger partial charge in [-0.1, -0.05) is 26.3 Å². The lowest BCUT2D eigenvalue weighted by atomic mass is 9.49. The molecule has 0 radical (unpaired) electrons. The van der Waals surface area contributed by atoms with Crippen LogP contribution in [-0.2, 0) is 16.6 Å². The predicted molar refractivity (Wildman–Crippen MR) is 90.7 cm³/mol. The van der Waals surface area contributed by atoms with Crippen molar-refractivity contribution >= 4 is 11.6 Å². The largest absolute Gasteiger partial charge is 0.399 e. The van der Waals surface area contributed by atoms with Crippen LogP contribution in [0.2, 0.25) is 0 Å². The fourth-order valence-corrected chi connectivity index (χ4v) is 5.24. The Bertz CT molecular complexity index is 609. The van der Waals surface area contributed by atoms with Crippen molar-refractivity contribution in [3.63, 3.8) is 0 Å². The zero-order valence-corrected chi connectivity index (χ0v) is 14.3. The van der Waals surface area contributed by atoms with Gasteiger partial charge < -0.3 is 10.6 Å². The summed E-state index contributed by atoms with van der Waals surface area (Å²) in [4.78, 5) is 14.7. The second kappa shape index (κ2) is 5.00. The van der Waals surface area contributed by atoms with Gasteiger partial charge in [-0.15, -0.1) is 0 Å². The first-order valence-electron chi connectivity index (χ1n) is 8.40. The van der Waals surface area contributed by atoms with E-state index >= 15 is 0 Å². The number of amides is 1. The Balaban J connectivity index is 2.09. The second-order valence-corrected chi connectivity index (χ2v) is 7.90. The molecule has 0 aromatic heterocycles. The Kier molecular flexibility index (Phi) is 3.50. The number of fused-ring (bicyclic) bond motifs is 3. The van der Waals surface area contributed by atoms with Crippen LogP contribution < -0.4 is 5.73 Å². The number of aryl methyl sites for hydroxylation is 1. The summed E-state index contributed by atoms with van der Waals surface area (Å²) in [6, 6.07) is 6.36. The summed E-state index contributed by atoms with van der Waals surface area (Å²) in [6.45, 7) is 4.55. The van der Waals surface area contributed by atoms with Crippen molar-refractivity contribution in [2.75, 3.05) is 19.8 Å². The van der Waals surface area contributed by atoms with Crippen molar-refractivity contribution in [1.82, 2.24) is 4.90 Å². The van der Waals surface area contributed by atoms with Gasteiger partial charge in [-0.05, 0) is 60.3 Å². The molecule has 1 saturated carbocycles. The monoisotopic (exact) mass is 300 g/mol. The van der Waals surface area contributed by atoms with E-state index in [2.05, 4.69) is 26.0 Å². The summed E-state index contributed by atoms with van der Waals surface area (Å²) >= 11 is 0. The normalized spacial score (nSPS) is 33.7. The maximum Gasteiger partial charge on any atom is 0.228 e. The summed E-state index contributed by atoms with van der Waals surface area (Å²) in [5.41, 5.74) is 9.54. The first-order chi connectivity index (χ1) is 10.3. The van der Waals surface area contributed by atoms with Crippen molar-refractivity contribution in [1.29, 1.82) is 0 Å². The van der Waals surface area contributed by atoms with Gasteiger partial charge in [0.25, 0.3) is 0 Å². The molecule has 0 bridgehead atoms. The molecule has 2 aliphatic rings. The minimum Gasteiger partial charge on any atom is -0.399 e. The molecular weight excluding hydrogens is 272 g/mol. The van der Waals surface area contributed by atoms with Crippen LogP contribution in [0.15, 0.2) is 18.2 Å². The number of nitrogen functional groups attached to an aromatic ring is 1. The van der Waals surface area contributed by atoms with Gasteiger partial charge >= 0.3 is 0 Å². The first kappa shape index (κ1) is 15.4. The lowest BCUT2D eigenvalue weighted by molar-refractivity contribution is -0.147. The number of anilines is 1. The molecule has 3 atom stereocenters. The Hall–Kier alpha value is -1.51. The zero-order chi connectivity index (χ0) is 16.1. The molecule has 1 fully saturated rings. The number of hydrogen-bond acceptors (Lipinski definition) is 2. The van der Waals surface area contributed by atoms with Gasteiger partial charge in [0.1, 0.15) is 0 Å². The molecule has 1 aromatic rings. The van der Waals surface area contributed by atoms with Crippen molar-refractivity contribution in [2.45, 2.75) is 51.4 Å². The molecule has 1 amide bonds. The predicted octanol–water partition coefficient (Wildman–Crippen LogP) is 3.37. The number of carbonyl (C=O) groups is 1. The highest BCUT2D eigenvalue weighted by atomic mass is 16.2. The quantitative estimate of drug-likeness (QED) is 0.808. The number of carbonyl (C=O) groups excluding carboxylic acids is 1. The average Bonchev–Trinajstić information content (AvgIpc) is 2.46. The Morgan fingerprint density at radius 1 is 1.27 bits per heavy atom. The van der Waals surface area contributed by atoms with E-state index in [0.717, 1.165) is 37.8 Å². The Morgan fingerprint density at radius 2 is 2.00 bits per heavy atom. The number of benzene rings is 1. The van der Waals surface area contributed by atoms with Crippen LogP contribution in [0, 0.1) is 11.3 Å². The van der Waals surface area contributed by atoms with Crippen LogP contribution in [0.25, 0.3) is 0 Å². The molecule has 3 rings (SSSR count). The molecule has 3 nitrogen and oxygen atoms in total. The molecule has 0 spiro atoms. The molecule has 22 heavy (non-hydrogen) atoms. The maximum atomic E-state index is 12.9. The Morgan fingerprint density at radius 3 is 2.68 bits per heavy atom. The average molecular weight is 300 g/mol. The van der Waals surface area contributed by atoms with Gasteiger partial charge in [0.2, 0.25) is 5.91 Å². The van der Waals surface area contributed by atoms with E-state index in [0.29, 0.717) is 5.92 Å². The number of nitrogens with two attached hydrogens (primary N) is 1. The summed E-state index contributed by atoms with van der Waals surface area (Å²) in [7, 11) is 3.77. The number of nitrogens with zero attached hydrogens (tertiary/aromatic N) is 1. The highest BCUT2D eigenvalue weighted by molar-refractivity contribution is 5.83. The first-order valence-corrected chi connectivity index (χ1v) is 8.40. The molecule has 2 aliphatic carbocycles. The van der Waals surface area contributed by atoms with Gasteiger partial charge in [-0.3, -0.25) is 4.79 Å². The number of rotatable bonds is 1. The van der Waals surface area contributed by atoms with Crippen LogP contribution in [0.1, 0.15) is 50.7 Å². The molecule has 120 valence electrons. The topological polar surface area (TPSA) is 46.3 Å². The van der Waals surface area contributed by atoms with Gasteiger partial charge in [-0.25, -0.2) is 0 Å². The highest BCUT2D eigenvalue weighted by Gasteiger charge is 2.55. The standard InChI is InChI=1S/C19H28N2O/c1-18-10-5-11-19(2,17(22)21(3)4)16(18)9-7-13-6-8-14(20)12-15(13)18/h6,8,12,16H,5,7,9-11,20H2,1-4H3/t16?,18?,19-/m0/s1. The third kappa shape index (κ3) is 2.05. The molecule has 0 aliphatic heterocycles. The Labute approximate surface area is 133 Å². The van der Waals surface area contributed by atoms with E-state index in [9.17, 15) is 4.79 Å². The van der Waals surface area contributed by atoms with Gasteiger partial charge in [0, 0.05) is 19.8 Å². The van der Waals surface area contributed by atoms with E-state index in [-0.39, 0.29) is 16.7 Å². The highest BCUT2D eigenvalue weighted by Crippen LogP contribution is 2.57. The maximum absolute atomic E-state index is 12.9. The number of hydrogen-bond donors (Lipinski definition) is 1. The van der Waals surface area contributed by atoms with Gasteiger partial charge in [0.15, 0.2) is 0 Å². The second-order valence-electron chi connectivity index (χ2n) is 7.90. The summed E-state index contributed by atoms with van der Waals surface area (Å²) in [6.07, 6.45) is 5.43. The molecule has 1 aromatic carbocycles. The third-order valence-corrected chi connectivity index (χ3v) is 6.28. The van der Waals surface area contributed by atoms with Gasteiger partial charge in [-0.2, -0.15) is 0 Å². The fourth-order valence-electron chi connectivity index (χ4n) is 5.24. The van der Waals surface area contributed by atoms with Crippen LogP contribution in [0.3, 0.4) is 0 Å². The van der Waals surface area contributed by atoms with E-state index < -0.39 is 0 Å². The van der Waals surface area contributed by atoms with Crippen LogP contribution in [0.4, 0.5) is 5.69 Å². The van der Waals surface area contributed by atoms with Crippen molar-refractivity contribution < 1.29 is 4.79 Å². The minimum absolute atomic E-state index is 0.0711. The molecular formula is C19H28N2O. The lowest BCUT2D eigenvalue weighted by Crippen LogP contribution is -2.55. The fraction of sp³-hybridized carbons (Fsp3) is 0.632. The van der Waals surface area contributed by atoms with E-state index in [4.69, 9.17) is 5.73 Å². The smallest absolute Gasteiger partial charge is 0.228 e.